The van der Waals surface area contributed by atoms with Gasteiger partial charge in [0.2, 0.25) is 5.96 Å². The van der Waals surface area contributed by atoms with Gasteiger partial charge in [-0.15, -0.1) is 4.99 Å². The Morgan fingerprint density at radius 1 is 0.686 bits per heavy atom. The van der Waals surface area contributed by atoms with Gasteiger partial charge in [-0.05, 0) is 91.4 Å². The van der Waals surface area contributed by atoms with Gasteiger partial charge in [0.1, 0.15) is 24.4 Å². The smallest absolute Gasteiger partial charge is 0.437 e. The normalized spacial score (nSPS) is 15.7. The Labute approximate surface area is 301 Å². The lowest BCUT2D eigenvalue weighted by Crippen LogP contribution is -2.52. The van der Waals surface area contributed by atoms with Crippen molar-refractivity contribution in [1.82, 2.24) is 26.2 Å². The van der Waals surface area contributed by atoms with Crippen LogP contribution in [0.15, 0.2) is 65.7 Å². The first-order valence-corrected chi connectivity index (χ1v) is 17.4. The third-order valence-electron chi connectivity index (χ3n) is 7.40. The van der Waals surface area contributed by atoms with E-state index in [1.165, 1.54) is 0 Å². The van der Waals surface area contributed by atoms with E-state index in [2.05, 4.69) is 26.3 Å². The number of carbonyl (C=O) groups is 4. The Bertz CT molecular complexity index is 1410. The molecule has 2 fully saturated rings. The second-order valence-corrected chi connectivity index (χ2v) is 14.2. The van der Waals surface area contributed by atoms with Crippen LogP contribution >= 0.6 is 0 Å². The average Bonchev–Trinajstić information content (AvgIpc) is 3.06. The number of benzene rings is 2. The monoisotopic (exact) mass is 710 g/mol. The van der Waals surface area contributed by atoms with Crippen LogP contribution in [0.5, 0.6) is 0 Å². The molecule has 2 heterocycles. The van der Waals surface area contributed by atoms with Gasteiger partial charge in [0.05, 0.1) is 0 Å². The number of rotatable bonds is 6. The number of piperidine rings is 2. The van der Waals surface area contributed by atoms with Crippen molar-refractivity contribution in [3.8, 4) is 0 Å². The molecule has 0 unspecified atom stereocenters. The third kappa shape index (κ3) is 17.6. The number of carbonyl (C=O) groups excluding carboxylic acids is 4. The molecular weight excluding hydrogens is 656 g/mol. The minimum atomic E-state index is -0.837. The summed E-state index contributed by atoms with van der Waals surface area (Å²) in [7, 11) is 0. The summed E-state index contributed by atoms with van der Waals surface area (Å²) in [6, 6.07) is 18.6. The van der Waals surface area contributed by atoms with E-state index in [1.807, 2.05) is 81.4 Å². The van der Waals surface area contributed by atoms with E-state index >= 15 is 0 Å². The zero-order valence-corrected chi connectivity index (χ0v) is 30.7. The third-order valence-corrected chi connectivity index (χ3v) is 7.40. The van der Waals surface area contributed by atoms with E-state index in [-0.39, 0.29) is 37.4 Å². The average molecular weight is 711 g/mol. The lowest BCUT2D eigenvalue weighted by molar-refractivity contribution is 0.0479. The largest absolute Gasteiger partial charge is 0.444 e. The number of nitrogens with one attached hydrogen (secondary N) is 4. The minimum absolute atomic E-state index is 0.0341. The van der Waals surface area contributed by atoms with E-state index in [0.29, 0.717) is 25.9 Å². The Morgan fingerprint density at radius 2 is 1.14 bits per heavy atom. The molecule has 2 aromatic carbocycles. The summed E-state index contributed by atoms with van der Waals surface area (Å²) in [6.07, 6.45) is 0.745. The number of guanidine groups is 1. The van der Waals surface area contributed by atoms with Crippen LogP contribution in [0.2, 0.25) is 0 Å². The maximum atomic E-state index is 12.5. The van der Waals surface area contributed by atoms with Crippen LogP contribution in [-0.2, 0) is 32.2 Å². The molecule has 14 nitrogen and oxygen atoms in total. The van der Waals surface area contributed by atoms with E-state index in [4.69, 9.17) is 18.9 Å². The Morgan fingerprint density at radius 3 is 1.61 bits per heavy atom. The molecule has 2 saturated heterocycles. The maximum Gasteiger partial charge on any atom is 0.437 e. The first kappa shape index (κ1) is 40.6. The number of aliphatic imine (C=N–C) groups is 1. The van der Waals surface area contributed by atoms with Crippen LogP contribution in [0.4, 0.5) is 19.2 Å². The molecule has 0 atom stereocenters. The molecule has 2 aromatic rings. The molecule has 0 bridgehead atoms. The highest BCUT2D eigenvalue weighted by molar-refractivity contribution is 5.98. The molecule has 0 radical (unpaired) electrons. The SMILES string of the molecule is CC(C)(C)OC(=O)NC1CCN(C(=NC(=O)OCc2ccccc2)NC(=O)OCc2ccccc2)CC1.CC(C)(C)OC(=O)NC1CCNCC1. The fraction of sp³-hybridized carbons (Fsp3) is 0.541. The van der Waals surface area contributed by atoms with Crippen molar-refractivity contribution in [2.75, 3.05) is 26.2 Å². The van der Waals surface area contributed by atoms with E-state index in [0.717, 1.165) is 37.1 Å². The van der Waals surface area contributed by atoms with Gasteiger partial charge in [0.25, 0.3) is 0 Å². The van der Waals surface area contributed by atoms with Crippen molar-refractivity contribution in [3.05, 3.63) is 71.8 Å². The van der Waals surface area contributed by atoms with Gasteiger partial charge >= 0.3 is 24.4 Å². The van der Waals surface area contributed by atoms with Crippen LogP contribution in [0, 0.1) is 0 Å². The van der Waals surface area contributed by atoms with E-state index < -0.39 is 29.5 Å². The summed E-state index contributed by atoms with van der Waals surface area (Å²) in [5.41, 5.74) is 0.649. The number of ether oxygens (including phenoxy) is 4. The fourth-order valence-corrected chi connectivity index (χ4v) is 5.02. The first-order chi connectivity index (χ1) is 24.1. The number of nitrogens with zero attached hydrogens (tertiary/aromatic N) is 2. The number of hydrogen-bond acceptors (Lipinski definition) is 9. The van der Waals surface area contributed by atoms with Crippen molar-refractivity contribution < 1.29 is 38.1 Å². The standard InChI is InChI=1S/C27H34N4O6.C10H20N2O2/c1-27(2,3)37-26(34)28-22-14-16-31(17-15-22)23(29-24(32)35-18-20-10-6-4-7-11-20)30-25(33)36-19-21-12-8-5-9-13-21;1-10(2,3)14-9(13)12-8-4-6-11-7-5-8/h4-13,22H,14-19H2,1-3H3,(H,28,34)(H,29,30,32,33);8,11H,4-7H2,1-3H3,(H,12,13). The quantitative estimate of drug-likeness (QED) is 0.162. The molecule has 0 aliphatic carbocycles. The molecule has 4 rings (SSSR count). The molecule has 14 heteroatoms. The van der Waals surface area contributed by atoms with Crippen molar-refractivity contribution >= 4 is 30.3 Å². The Kier molecular flexibility index (Phi) is 16.0. The Balaban J connectivity index is 0.000000419. The Hall–Kier alpha value is -4.85. The molecule has 51 heavy (non-hydrogen) atoms. The highest BCUT2D eigenvalue weighted by atomic mass is 16.6. The lowest BCUT2D eigenvalue weighted by Gasteiger charge is -2.34. The van der Waals surface area contributed by atoms with Crippen molar-refractivity contribution in [2.24, 2.45) is 4.99 Å². The zero-order valence-electron chi connectivity index (χ0n) is 30.7. The van der Waals surface area contributed by atoms with Crippen LogP contribution < -0.4 is 21.3 Å². The van der Waals surface area contributed by atoms with Crippen LogP contribution in [0.3, 0.4) is 0 Å². The zero-order chi connectivity index (χ0) is 37.3. The summed E-state index contributed by atoms with van der Waals surface area (Å²) in [5.74, 6) is 0.0341. The van der Waals surface area contributed by atoms with Gasteiger partial charge in [0, 0.05) is 25.2 Å². The van der Waals surface area contributed by atoms with Crippen molar-refractivity contribution in [1.29, 1.82) is 0 Å². The predicted octanol–water partition coefficient (Wildman–Crippen LogP) is 5.86. The second-order valence-electron chi connectivity index (χ2n) is 14.2. The molecule has 0 saturated carbocycles. The summed E-state index contributed by atoms with van der Waals surface area (Å²) < 4.78 is 21.1. The van der Waals surface area contributed by atoms with Crippen LogP contribution in [0.25, 0.3) is 0 Å². The number of likely N-dealkylation sites (tertiary alicyclic amines) is 1. The number of alkyl carbamates (subject to hydrolysis) is 3. The van der Waals surface area contributed by atoms with E-state index in [1.54, 1.807) is 25.7 Å². The molecule has 2 aliphatic rings. The highest BCUT2D eigenvalue weighted by Crippen LogP contribution is 2.14. The topological polar surface area (TPSA) is 169 Å². The van der Waals surface area contributed by atoms with Gasteiger partial charge in [-0.2, -0.15) is 0 Å². The number of hydrogen-bond donors (Lipinski definition) is 4. The summed E-state index contributed by atoms with van der Waals surface area (Å²) in [5, 5.41) is 11.6. The van der Waals surface area contributed by atoms with Gasteiger partial charge in [-0.3, -0.25) is 5.32 Å². The van der Waals surface area contributed by atoms with Crippen molar-refractivity contribution in [2.45, 2.75) is 104 Å². The highest BCUT2D eigenvalue weighted by Gasteiger charge is 2.27. The van der Waals surface area contributed by atoms with Crippen molar-refractivity contribution in [3.63, 3.8) is 0 Å². The van der Waals surface area contributed by atoms with Gasteiger partial charge < -0.3 is 39.8 Å². The lowest BCUT2D eigenvalue weighted by atomic mass is 10.1. The number of amides is 4. The van der Waals surface area contributed by atoms with Gasteiger partial charge in [-0.1, -0.05) is 60.7 Å². The molecule has 4 amide bonds. The van der Waals surface area contributed by atoms with E-state index in [9.17, 15) is 19.2 Å². The summed E-state index contributed by atoms with van der Waals surface area (Å²) >= 11 is 0. The first-order valence-electron chi connectivity index (χ1n) is 17.4. The van der Waals surface area contributed by atoms with Gasteiger partial charge in [0.15, 0.2) is 0 Å². The maximum absolute atomic E-state index is 12.5. The van der Waals surface area contributed by atoms with Gasteiger partial charge in [-0.25, -0.2) is 19.2 Å². The van der Waals surface area contributed by atoms with Crippen LogP contribution in [0.1, 0.15) is 78.4 Å². The molecule has 0 aromatic heterocycles. The molecule has 4 N–H and O–H groups in total. The van der Waals surface area contributed by atoms with Crippen LogP contribution in [-0.4, -0.2) is 84.7 Å². The second kappa shape index (κ2) is 20.1. The fourth-order valence-electron chi connectivity index (χ4n) is 5.02. The molecular formula is C37H54N6O8. The molecule has 2 aliphatic heterocycles. The minimum Gasteiger partial charge on any atom is -0.444 e. The predicted molar refractivity (Wildman–Crippen MR) is 193 cm³/mol. The summed E-state index contributed by atoms with van der Waals surface area (Å²) in [4.78, 5) is 54.2. The molecule has 280 valence electrons. The molecule has 0 spiro atoms. The summed E-state index contributed by atoms with van der Waals surface area (Å²) in [6.45, 7) is 14.0.